The zero-order valence-corrected chi connectivity index (χ0v) is 7.27. The van der Waals surface area contributed by atoms with Crippen molar-refractivity contribution in [2.45, 2.75) is 12.5 Å². The van der Waals surface area contributed by atoms with Gasteiger partial charge < -0.3 is 14.6 Å². The summed E-state index contributed by atoms with van der Waals surface area (Å²) in [6.45, 7) is 0.563. The van der Waals surface area contributed by atoms with Crippen LogP contribution in [0.1, 0.15) is 6.92 Å². The van der Waals surface area contributed by atoms with Crippen molar-refractivity contribution in [2.75, 3.05) is 13.7 Å². The SMILES string of the molecule is COC(C)(C(=O)O)C(=O)OCC=O. The molecule has 13 heavy (non-hydrogen) atoms. The molecule has 0 saturated carbocycles. The summed E-state index contributed by atoms with van der Waals surface area (Å²) in [6, 6.07) is 0. The second-order valence-corrected chi connectivity index (χ2v) is 2.31. The number of carboxylic acid groups (broad SMARTS) is 1. The van der Waals surface area contributed by atoms with Crippen LogP contribution in [0, 0.1) is 0 Å². The lowest BCUT2D eigenvalue weighted by Gasteiger charge is -2.19. The van der Waals surface area contributed by atoms with Crippen LogP contribution in [0.3, 0.4) is 0 Å². The Labute approximate surface area is 74.4 Å². The molecule has 0 amide bonds. The summed E-state index contributed by atoms with van der Waals surface area (Å²) in [5, 5.41) is 8.59. The first kappa shape index (κ1) is 11.6. The van der Waals surface area contributed by atoms with Crippen LogP contribution in [-0.4, -0.2) is 42.6 Å². The predicted molar refractivity (Wildman–Crippen MR) is 40.1 cm³/mol. The van der Waals surface area contributed by atoms with Crippen molar-refractivity contribution in [3.63, 3.8) is 0 Å². The summed E-state index contributed by atoms with van der Waals surface area (Å²) in [4.78, 5) is 31.4. The average molecular weight is 190 g/mol. The van der Waals surface area contributed by atoms with Gasteiger partial charge in [-0.3, -0.25) is 4.79 Å². The fourth-order valence-electron chi connectivity index (χ4n) is 0.505. The molecule has 0 spiro atoms. The smallest absolute Gasteiger partial charge is 0.350 e. The van der Waals surface area contributed by atoms with E-state index in [0.29, 0.717) is 6.29 Å². The Hall–Kier alpha value is -1.43. The molecule has 0 fully saturated rings. The molecule has 0 rings (SSSR count). The maximum Gasteiger partial charge on any atom is 0.350 e. The molecule has 0 aliphatic heterocycles. The highest BCUT2D eigenvalue weighted by molar-refractivity contribution is 6.02. The summed E-state index contributed by atoms with van der Waals surface area (Å²) >= 11 is 0. The minimum Gasteiger partial charge on any atom is -0.479 e. The zero-order valence-electron chi connectivity index (χ0n) is 7.27. The highest BCUT2D eigenvalue weighted by Crippen LogP contribution is 2.11. The molecule has 6 heteroatoms. The quantitative estimate of drug-likeness (QED) is 0.347. The van der Waals surface area contributed by atoms with Crippen molar-refractivity contribution >= 4 is 18.2 Å². The van der Waals surface area contributed by atoms with Gasteiger partial charge in [0.1, 0.15) is 6.61 Å². The summed E-state index contributed by atoms with van der Waals surface area (Å²) < 4.78 is 8.76. The van der Waals surface area contributed by atoms with E-state index in [-0.39, 0.29) is 0 Å². The van der Waals surface area contributed by atoms with Gasteiger partial charge in [0, 0.05) is 7.11 Å². The van der Waals surface area contributed by atoms with E-state index in [1.165, 1.54) is 0 Å². The molecule has 6 nitrogen and oxygen atoms in total. The fraction of sp³-hybridized carbons (Fsp3) is 0.571. The standard InChI is InChI=1S/C7H10O6/c1-7(12-2,5(9)10)6(11)13-4-3-8/h3H,4H2,1-2H3,(H,9,10). The number of carbonyl (C=O) groups excluding carboxylic acids is 2. The highest BCUT2D eigenvalue weighted by atomic mass is 16.6. The van der Waals surface area contributed by atoms with Crippen molar-refractivity contribution in [2.24, 2.45) is 0 Å². The topological polar surface area (TPSA) is 89.9 Å². The van der Waals surface area contributed by atoms with Gasteiger partial charge in [-0.2, -0.15) is 0 Å². The van der Waals surface area contributed by atoms with Gasteiger partial charge in [0.25, 0.3) is 5.60 Å². The number of hydrogen-bond donors (Lipinski definition) is 1. The molecule has 0 aliphatic rings. The number of hydrogen-bond acceptors (Lipinski definition) is 5. The number of methoxy groups -OCH3 is 1. The maximum absolute atomic E-state index is 11.0. The first-order chi connectivity index (χ1) is 5.99. The molecule has 0 radical (unpaired) electrons. The lowest BCUT2D eigenvalue weighted by atomic mass is 10.1. The minimum atomic E-state index is -2.05. The third-order valence-corrected chi connectivity index (χ3v) is 1.49. The van der Waals surface area contributed by atoms with E-state index in [1.807, 2.05) is 0 Å². The molecule has 0 aromatic carbocycles. The summed E-state index contributed by atoms with van der Waals surface area (Å²) in [6.07, 6.45) is 0.343. The number of carboxylic acids is 1. The van der Waals surface area contributed by atoms with Crippen LogP contribution in [0.25, 0.3) is 0 Å². The molecule has 0 heterocycles. The van der Waals surface area contributed by atoms with Crippen LogP contribution in [0.4, 0.5) is 0 Å². The zero-order chi connectivity index (χ0) is 10.5. The molecule has 1 N–H and O–H groups in total. The minimum absolute atomic E-state index is 0.343. The molecular formula is C7H10O6. The van der Waals surface area contributed by atoms with Crippen LogP contribution < -0.4 is 0 Å². The summed E-state index contributed by atoms with van der Waals surface area (Å²) in [7, 11) is 1.07. The van der Waals surface area contributed by atoms with Crippen molar-refractivity contribution in [3.05, 3.63) is 0 Å². The molecule has 0 saturated heterocycles. The Morgan fingerprint density at radius 2 is 2.08 bits per heavy atom. The molecule has 0 aliphatic carbocycles. The van der Waals surface area contributed by atoms with E-state index in [0.717, 1.165) is 14.0 Å². The number of carbonyl (C=O) groups is 3. The molecule has 0 aromatic rings. The first-order valence-electron chi connectivity index (χ1n) is 3.38. The number of esters is 1. The summed E-state index contributed by atoms with van der Waals surface area (Å²) in [5.41, 5.74) is -2.05. The van der Waals surface area contributed by atoms with Crippen molar-refractivity contribution in [3.8, 4) is 0 Å². The van der Waals surface area contributed by atoms with Gasteiger partial charge in [-0.25, -0.2) is 9.59 Å². The number of aldehydes is 1. The van der Waals surface area contributed by atoms with E-state index >= 15 is 0 Å². The van der Waals surface area contributed by atoms with Crippen LogP contribution in [0.15, 0.2) is 0 Å². The van der Waals surface area contributed by atoms with E-state index < -0.39 is 24.1 Å². The number of aliphatic carboxylic acids is 1. The maximum atomic E-state index is 11.0. The van der Waals surface area contributed by atoms with Crippen molar-refractivity contribution < 1.29 is 29.0 Å². The largest absolute Gasteiger partial charge is 0.479 e. The van der Waals surface area contributed by atoms with Gasteiger partial charge in [-0.15, -0.1) is 0 Å². The third-order valence-electron chi connectivity index (χ3n) is 1.49. The normalized spacial score (nSPS) is 14.3. The average Bonchev–Trinajstić information content (AvgIpc) is 2.12. The van der Waals surface area contributed by atoms with Crippen LogP contribution in [-0.2, 0) is 23.9 Å². The number of rotatable bonds is 5. The second kappa shape index (κ2) is 4.56. The van der Waals surface area contributed by atoms with Gasteiger partial charge in [0.15, 0.2) is 6.29 Å². The summed E-state index contributed by atoms with van der Waals surface area (Å²) in [5.74, 6) is -2.57. The van der Waals surface area contributed by atoms with Crippen molar-refractivity contribution in [1.29, 1.82) is 0 Å². The van der Waals surface area contributed by atoms with Gasteiger partial charge in [-0.1, -0.05) is 0 Å². The highest BCUT2D eigenvalue weighted by Gasteiger charge is 2.43. The predicted octanol–water partition coefficient (Wildman–Crippen LogP) is -0.782. The van der Waals surface area contributed by atoms with Crippen molar-refractivity contribution in [1.82, 2.24) is 0 Å². The van der Waals surface area contributed by atoms with E-state index in [4.69, 9.17) is 5.11 Å². The van der Waals surface area contributed by atoms with Gasteiger partial charge >= 0.3 is 11.9 Å². The second-order valence-electron chi connectivity index (χ2n) is 2.31. The lowest BCUT2D eigenvalue weighted by molar-refractivity contribution is -0.181. The van der Waals surface area contributed by atoms with Crippen LogP contribution >= 0.6 is 0 Å². The molecular weight excluding hydrogens is 180 g/mol. The number of ether oxygens (including phenoxy) is 2. The van der Waals surface area contributed by atoms with Gasteiger partial charge in [0.05, 0.1) is 0 Å². The van der Waals surface area contributed by atoms with Crippen LogP contribution in [0.2, 0.25) is 0 Å². The molecule has 1 unspecified atom stereocenters. The lowest BCUT2D eigenvalue weighted by Crippen LogP contribution is -2.46. The molecule has 74 valence electrons. The van der Waals surface area contributed by atoms with E-state index in [9.17, 15) is 14.4 Å². The first-order valence-corrected chi connectivity index (χ1v) is 3.38. The Balaban J connectivity index is 4.47. The monoisotopic (exact) mass is 190 g/mol. The third kappa shape index (κ3) is 2.51. The van der Waals surface area contributed by atoms with Gasteiger partial charge in [0.2, 0.25) is 0 Å². The molecule has 0 bridgehead atoms. The Morgan fingerprint density at radius 1 is 1.54 bits per heavy atom. The van der Waals surface area contributed by atoms with E-state index in [2.05, 4.69) is 9.47 Å². The van der Waals surface area contributed by atoms with Gasteiger partial charge in [-0.05, 0) is 6.92 Å². The van der Waals surface area contributed by atoms with E-state index in [1.54, 1.807) is 0 Å². The molecule has 1 atom stereocenters. The Morgan fingerprint density at radius 3 is 2.38 bits per heavy atom. The fourth-order valence-corrected chi connectivity index (χ4v) is 0.505. The Kier molecular flexibility index (Phi) is 4.06. The molecule has 0 aromatic heterocycles. The van der Waals surface area contributed by atoms with Crippen LogP contribution in [0.5, 0.6) is 0 Å². The Bertz CT molecular complexity index is 223.